The van der Waals surface area contributed by atoms with Gasteiger partial charge in [-0.1, -0.05) is 17.7 Å². The van der Waals surface area contributed by atoms with Crippen LogP contribution in [0.1, 0.15) is 6.92 Å². The summed E-state index contributed by atoms with van der Waals surface area (Å²) in [6.45, 7) is 2.38. The Morgan fingerprint density at radius 3 is 2.93 bits per heavy atom. The summed E-state index contributed by atoms with van der Waals surface area (Å²) in [4.78, 5) is 0. The van der Waals surface area contributed by atoms with E-state index in [1.165, 1.54) is 0 Å². The number of fused-ring (bicyclic) bond motifs is 1. The Kier molecular flexibility index (Phi) is 2.48. The van der Waals surface area contributed by atoms with Gasteiger partial charge in [-0.15, -0.1) is 0 Å². The number of halogens is 1. The van der Waals surface area contributed by atoms with Gasteiger partial charge in [-0.05, 0) is 25.1 Å². The molecule has 0 amide bonds. The molecule has 1 unspecified atom stereocenters. The van der Waals surface area contributed by atoms with Crippen LogP contribution >= 0.6 is 11.6 Å². The molecule has 0 radical (unpaired) electrons. The van der Waals surface area contributed by atoms with Crippen LogP contribution in [0.15, 0.2) is 30.5 Å². The van der Waals surface area contributed by atoms with E-state index >= 15 is 0 Å². The lowest BCUT2D eigenvalue weighted by Crippen LogP contribution is -2.10. The van der Waals surface area contributed by atoms with Crippen LogP contribution in [-0.4, -0.2) is 15.8 Å². The third kappa shape index (κ3) is 1.63. The molecule has 0 aliphatic carbocycles. The summed E-state index contributed by atoms with van der Waals surface area (Å²) in [6, 6.07) is 7.77. The maximum Gasteiger partial charge on any atom is 0.0691 e. The van der Waals surface area contributed by atoms with Gasteiger partial charge in [0.2, 0.25) is 0 Å². The van der Waals surface area contributed by atoms with Crippen molar-refractivity contribution < 1.29 is 5.11 Å². The van der Waals surface area contributed by atoms with Crippen LogP contribution in [0.5, 0.6) is 0 Å². The largest absolute Gasteiger partial charge is 0.392 e. The van der Waals surface area contributed by atoms with Crippen molar-refractivity contribution in [1.29, 1.82) is 0 Å². The Labute approximate surface area is 87.7 Å². The van der Waals surface area contributed by atoms with Crippen molar-refractivity contribution in [3.05, 3.63) is 35.5 Å². The maximum atomic E-state index is 9.30. The number of aromatic nitrogens is 1. The topological polar surface area (TPSA) is 25.2 Å². The summed E-state index contributed by atoms with van der Waals surface area (Å²) in [6.07, 6.45) is 1.60. The highest BCUT2D eigenvalue weighted by Gasteiger charge is 2.05. The summed E-state index contributed by atoms with van der Waals surface area (Å²) >= 11 is 6.03. The van der Waals surface area contributed by atoms with E-state index < -0.39 is 0 Å². The Hall–Kier alpha value is -0.990. The highest BCUT2D eigenvalue weighted by atomic mass is 35.5. The Morgan fingerprint density at radius 2 is 2.21 bits per heavy atom. The van der Waals surface area contributed by atoms with Crippen molar-refractivity contribution in [3.8, 4) is 0 Å². The lowest BCUT2D eigenvalue weighted by atomic mass is 10.2. The predicted molar refractivity (Wildman–Crippen MR) is 58.6 cm³/mol. The van der Waals surface area contributed by atoms with E-state index in [-0.39, 0.29) is 6.10 Å². The van der Waals surface area contributed by atoms with Gasteiger partial charge in [0.05, 0.1) is 6.10 Å². The van der Waals surface area contributed by atoms with E-state index in [4.69, 9.17) is 11.6 Å². The second kappa shape index (κ2) is 3.64. The standard InChI is InChI=1S/C11H12ClNO/c1-8(14)7-13-6-5-9-10(12)3-2-4-11(9)13/h2-6,8,14H,7H2,1H3. The molecule has 14 heavy (non-hydrogen) atoms. The number of hydrogen-bond donors (Lipinski definition) is 1. The molecule has 0 saturated carbocycles. The maximum absolute atomic E-state index is 9.30. The van der Waals surface area contributed by atoms with E-state index in [1.54, 1.807) is 6.92 Å². The fourth-order valence-electron chi connectivity index (χ4n) is 1.63. The van der Waals surface area contributed by atoms with Crippen molar-refractivity contribution >= 4 is 22.5 Å². The van der Waals surface area contributed by atoms with Gasteiger partial charge in [0.25, 0.3) is 0 Å². The summed E-state index contributed by atoms with van der Waals surface area (Å²) in [5.74, 6) is 0. The van der Waals surface area contributed by atoms with Gasteiger partial charge in [-0.2, -0.15) is 0 Å². The number of rotatable bonds is 2. The van der Waals surface area contributed by atoms with E-state index in [2.05, 4.69) is 0 Å². The highest BCUT2D eigenvalue weighted by molar-refractivity contribution is 6.35. The van der Waals surface area contributed by atoms with Crippen LogP contribution in [0.4, 0.5) is 0 Å². The summed E-state index contributed by atoms with van der Waals surface area (Å²) < 4.78 is 2.01. The Morgan fingerprint density at radius 1 is 1.43 bits per heavy atom. The first-order chi connectivity index (χ1) is 6.68. The van der Waals surface area contributed by atoms with Crippen LogP contribution < -0.4 is 0 Å². The molecular formula is C11H12ClNO. The summed E-state index contributed by atoms with van der Waals surface area (Å²) in [5, 5.41) is 11.1. The van der Waals surface area contributed by atoms with Gasteiger partial charge in [-0.3, -0.25) is 0 Å². The number of nitrogens with zero attached hydrogens (tertiary/aromatic N) is 1. The summed E-state index contributed by atoms with van der Waals surface area (Å²) in [5.41, 5.74) is 1.07. The minimum Gasteiger partial charge on any atom is -0.392 e. The average Bonchev–Trinajstić information content (AvgIpc) is 2.49. The molecule has 0 aliphatic rings. The van der Waals surface area contributed by atoms with Crippen LogP contribution in [0.2, 0.25) is 5.02 Å². The molecule has 3 heteroatoms. The number of aliphatic hydroxyl groups is 1. The fraction of sp³-hybridized carbons (Fsp3) is 0.273. The normalized spacial score (nSPS) is 13.4. The van der Waals surface area contributed by atoms with Crippen LogP contribution in [-0.2, 0) is 6.54 Å². The van der Waals surface area contributed by atoms with Crippen LogP contribution in [0, 0.1) is 0 Å². The third-order valence-electron chi connectivity index (χ3n) is 2.22. The molecule has 0 aliphatic heterocycles. The quantitative estimate of drug-likeness (QED) is 0.809. The molecule has 1 heterocycles. The molecule has 1 N–H and O–H groups in total. The van der Waals surface area contributed by atoms with Crippen LogP contribution in [0.3, 0.4) is 0 Å². The molecule has 1 atom stereocenters. The molecular weight excluding hydrogens is 198 g/mol. The van der Waals surface area contributed by atoms with E-state index in [1.807, 2.05) is 35.0 Å². The minimum absolute atomic E-state index is 0.343. The van der Waals surface area contributed by atoms with Crippen LogP contribution in [0.25, 0.3) is 10.9 Å². The van der Waals surface area contributed by atoms with Crippen molar-refractivity contribution in [2.45, 2.75) is 19.6 Å². The number of benzene rings is 1. The van der Waals surface area contributed by atoms with Gasteiger partial charge in [0.15, 0.2) is 0 Å². The second-order valence-electron chi connectivity index (χ2n) is 3.49. The molecule has 2 rings (SSSR count). The lowest BCUT2D eigenvalue weighted by Gasteiger charge is -2.07. The Bertz CT molecular complexity index is 447. The summed E-state index contributed by atoms with van der Waals surface area (Å²) in [7, 11) is 0. The molecule has 74 valence electrons. The molecule has 0 bridgehead atoms. The molecule has 0 fully saturated rings. The van der Waals surface area contributed by atoms with Crippen molar-refractivity contribution in [2.24, 2.45) is 0 Å². The molecule has 0 saturated heterocycles. The van der Waals surface area contributed by atoms with Gasteiger partial charge in [0, 0.05) is 28.7 Å². The number of hydrogen-bond acceptors (Lipinski definition) is 1. The van der Waals surface area contributed by atoms with Gasteiger partial charge in [-0.25, -0.2) is 0 Å². The van der Waals surface area contributed by atoms with Crippen molar-refractivity contribution in [1.82, 2.24) is 4.57 Å². The first-order valence-corrected chi connectivity index (χ1v) is 4.97. The third-order valence-corrected chi connectivity index (χ3v) is 2.55. The monoisotopic (exact) mass is 209 g/mol. The van der Waals surface area contributed by atoms with E-state index in [9.17, 15) is 5.11 Å². The first kappa shape index (κ1) is 9.56. The zero-order valence-electron chi connectivity index (χ0n) is 7.94. The highest BCUT2D eigenvalue weighted by Crippen LogP contribution is 2.24. The van der Waals surface area contributed by atoms with Gasteiger partial charge >= 0.3 is 0 Å². The smallest absolute Gasteiger partial charge is 0.0691 e. The van der Waals surface area contributed by atoms with Gasteiger partial charge < -0.3 is 9.67 Å². The van der Waals surface area contributed by atoms with E-state index in [0.29, 0.717) is 6.54 Å². The first-order valence-electron chi connectivity index (χ1n) is 4.60. The zero-order valence-corrected chi connectivity index (χ0v) is 8.70. The Balaban J connectivity index is 2.52. The minimum atomic E-state index is -0.343. The number of aliphatic hydroxyl groups excluding tert-OH is 1. The SMILES string of the molecule is CC(O)Cn1ccc2c(Cl)cccc21. The molecule has 2 aromatic rings. The predicted octanol–water partition coefficient (Wildman–Crippen LogP) is 2.68. The molecule has 1 aromatic heterocycles. The fourth-order valence-corrected chi connectivity index (χ4v) is 1.86. The average molecular weight is 210 g/mol. The zero-order chi connectivity index (χ0) is 10.1. The molecule has 2 nitrogen and oxygen atoms in total. The second-order valence-corrected chi connectivity index (χ2v) is 3.90. The molecule has 1 aromatic carbocycles. The van der Waals surface area contributed by atoms with E-state index in [0.717, 1.165) is 15.9 Å². The van der Waals surface area contributed by atoms with Gasteiger partial charge in [0.1, 0.15) is 0 Å². The molecule has 0 spiro atoms. The van der Waals surface area contributed by atoms with Crippen molar-refractivity contribution in [3.63, 3.8) is 0 Å². The lowest BCUT2D eigenvalue weighted by molar-refractivity contribution is 0.175. The van der Waals surface area contributed by atoms with Crippen molar-refractivity contribution in [2.75, 3.05) is 0 Å².